The summed E-state index contributed by atoms with van der Waals surface area (Å²) in [6, 6.07) is 10.6. The van der Waals surface area contributed by atoms with Gasteiger partial charge >= 0.3 is 5.97 Å². The summed E-state index contributed by atoms with van der Waals surface area (Å²) in [5, 5.41) is 9.09. The summed E-state index contributed by atoms with van der Waals surface area (Å²) >= 11 is 5.99. The van der Waals surface area contributed by atoms with Crippen molar-refractivity contribution in [3.63, 3.8) is 0 Å². The lowest BCUT2D eigenvalue weighted by molar-refractivity contribution is 0.0697. The van der Waals surface area contributed by atoms with Crippen molar-refractivity contribution in [2.45, 2.75) is 0 Å². The molecule has 3 nitrogen and oxygen atoms in total. The number of carboxylic acids is 1. The topological polar surface area (TPSA) is 50.2 Å². The predicted octanol–water partition coefficient (Wildman–Crippen LogP) is 3.10. The fourth-order valence-corrected chi connectivity index (χ4v) is 1.71. The van der Waals surface area contributed by atoms with E-state index in [2.05, 4.69) is 4.98 Å². The highest BCUT2D eigenvalue weighted by Crippen LogP contribution is 2.28. The van der Waals surface area contributed by atoms with E-state index in [0.717, 1.165) is 5.56 Å². The zero-order valence-electron chi connectivity index (χ0n) is 8.22. The number of aromatic carboxylic acids is 1. The maximum absolute atomic E-state index is 10.9. The molecule has 16 heavy (non-hydrogen) atoms. The molecule has 0 radical (unpaired) electrons. The van der Waals surface area contributed by atoms with E-state index < -0.39 is 5.97 Å². The quantitative estimate of drug-likeness (QED) is 0.867. The molecule has 4 heteroatoms. The van der Waals surface area contributed by atoms with Gasteiger partial charge in [0.1, 0.15) is 0 Å². The van der Waals surface area contributed by atoms with Crippen LogP contribution >= 0.6 is 11.6 Å². The number of hydrogen-bond donors (Lipinski definition) is 1. The van der Waals surface area contributed by atoms with Crippen molar-refractivity contribution >= 4 is 17.6 Å². The average molecular weight is 234 g/mol. The first-order valence-corrected chi connectivity index (χ1v) is 5.01. The number of carbonyl (C=O) groups is 1. The molecule has 0 unspecified atom stereocenters. The summed E-state index contributed by atoms with van der Waals surface area (Å²) < 4.78 is 0. The first-order chi connectivity index (χ1) is 7.70. The molecule has 0 saturated carbocycles. The molecule has 0 aliphatic rings. The molecule has 2 aromatic rings. The van der Waals surface area contributed by atoms with Crippen LogP contribution < -0.4 is 0 Å². The molecule has 1 aromatic carbocycles. The van der Waals surface area contributed by atoms with E-state index in [9.17, 15) is 4.79 Å². The Morgan fingerprint density at radius 3 is 2.50 bits per heavy atom. The second kappa shape index (κ2) is 4.33. The summed E-state index contributed by atoms with van der Waals surface area (Å²) in [6.45, 7) is 0. The van der Waals surface area contributed by atoms with Crippen LogP contribution in [0.2, 0.25) is 5.02 Å². The molecule has 0 bridgehead atoms. The Bertz CT molecular complexity index is 526. The van der Waals surface area contributed by atoms with Crippen LogP contribution in [0, 0.1) is 0 Å². The SMILES string of the molecule is O=C(O)c1ccnc(-c2ccccc2)c1Cl. The van der Waals surface area contributed by atoms with Gasteiger partial charge < -0.3 is 5.11 Å². The van der Waals surface area contributed by atoms with E-state index in [-0.39, 0.29) is 10.6 Å². The van der Waals surface area contributed by atoms with Gasteiger partial charge in [0.15, 0.2) is 0 Å². The summed E-state index contributed by atoms with van der Waals surface area (Å²) in [6.07, 6.45) is 1.44. The molecule has 0 amide bonds. The molecule has 1 aromatic heterocycles. The summed E-state index contributed by atoms with van der Waals surface area (Å²) in [4.78, 5) is 15.0. The molecule has 0 spiro atoms. The molecule has 0 aliphatic heterocycles. The third-order valence-corrected chi connectivity index (χ3v) is 2.55. The number of halogens is 1. The van der Waals surface area contributed by atoms with E-state index in [1.54, 1.807) is 0 Å². The van der Waals surface area contributed by atoms with Gasteiger partial charge in [-0.1, -0.05) is 41.9 Å². The Balaban J connectivity index is 2.59. The van der Waals surface area contributed by atoms with Gasteiger partial charge in [-0.25, -0.2) is 4.79 Å². The largest absolute Gasteiger partial charge is 0.478 e. The predicted molar refractivity (Wildman–Crippen MR) is 61.6 cm³/mol. The third kappa shape index (κ3) is 1.90. The minimum absolute atomic E-state index is 0.0653. The minimum atomic E-state index is -1.05. The van der Waals surface area contributed by atoms with E-state index in [1.807, 2.05) is 30.3 Å². The maximum Gasteiger partial charge on any atom is 0.337 e. The highest BCUT2D eigenvalue weighted by molar-refractivity contribution is 6.35. The monoisotopic (exact) mass is 233 g/mol. The molecule has 0 atom stereocenters. The van der Waals surface area contributed by atoms with Crippen LogP contribution in [0.3, 0.4) is 0 Å². The molecular formula is C12H8ClNO2. The first kappa shape index (κ1) is 10.6. The van der Waals surface area contributed by atoms with Crippen molar-refractivity contribution in [1.82, 2.24) is 4.98 Å². The minimum Gasteiger partial charge on any atom is -0.478 e. The van der Waals surface area contributed by atoms with Crippen molar-refractivity contribution in [2.24, 2.45) is 0 Å². The number of aromatic nitrogens is 1. The molecule has 0 aliphatic carbocycles. The van der Waals surface area contributed by atoms with E-state index >= 15 is 0 Å². The van der Waals surface area contributed by atoms with Crippen LogP contribution in [0.25, 0.3) is 11.3 Å². The van der Waals surface area contributed by atoms with Gasteiger partial charge in [-0.05, 0) is 6.07 Å². The molecule has 2 rings (SSSR count). The Labute approximate surface area is 97.3 Å². The summed E-state index contributed by atoms with van der Waals surface area (Å²) in [5.41, 5.74) is 1.35. The van der Waals surface area contributed by atoms with Crippen LogP contribution in [0.15, 0.2) is 42.6 Å². The van der Waals surface area contributed by atoms with E-state index in [4.69, 9.17) is 16.7 Å². The van der Waals surface area contributed by atoms with Crippen molar-refractivity contribution in [3.05, 3.63) is 53.2 Å². The molecule has 1 N–H and O–H groups in total. The average Bonchev–Trinajstić information content (AvgIpc) is 2.30. The van der Waals surface area contributed by atoms with Gasteiger partial charge in [0.25, 0.3) is 0 Å². The molecule has 0 saturated heterocycles. The third-order valence-electron chi connectivity index (χ3n) is 2.17. The maximum atomic E-state index is 10.9. The number of pyridine rings is 1. The van der Waals surface area contributed by atoms with E-state index in [1.165, 1.54) is 12.3 Å². The smallest absolute Gasteiger partial charge is 0.337 e. The van der Waals surface area contributed by atoms with Crippen molar-refractivity contribution in [1.29, 1.82) is 0 Å². The first-order valence-electron chi connectivity index (χ1n) is 4.63. The number of hydrogen-bond acceptors (Lipinski definition) is 2. The fourth-order valence-electron chi connectivity index (χ4n) is 1.41. The molecule has 1 heterocycles. The van der Waals surface area contributed by atoms with Crippen LogP contribution in [0.4, 0.5) is 0 Å². The Morgan fingerprint density at radius 2 is 1.88 bits per heavy atom. The normalized spacial score (nSPS) is 10.1. The molecular weight excluding hydrogens is 226 g/mol. The highest BCUT2D eigenvalue weighted by Gasteiger charge is 2.13. The standard InChI is InChI=1S/C12H8ClNO2/c13-10-9(12(15)16)6-7-14-11(10)8-4-2-1-3-5-8/h1-7H,(H,15,16). The zero-order chi connectivity index (χ0) is 11.5. The van der Waals surface area contributed by atoms with E-state index in [0.29, 0.717) is 5.69 Å². The highest BCUT2D eigenvalue weighted by atomic mass is 35.5. The van der Waals surface area contributed by atoms with Crippen LogP contribution in [-0.4, -0.2) is 16.1 Å². The van der Waals surface area contributed by atoms with Crippen LogP contribution in [-0.2, 0) is 0 Å². The van der Waals surface area contributed by atoms with Crippen molar-refractivity contribution in [2.75, 3.05) is 0 Å². The fraction of sp³-hybridized carbons (Fsp3) is 0. The van der Waals surface area contributed by atoms with Crippen LogP contribution in [0.5, 0.6) is 0 Å². The van der Waals surface area contributed by atoms with Gasteiger partial charge in [-0.2, -0.15) is 0 Å². The number of rotatable bonds is 2. The lowest BCUT2D eigenvalue weighted by atomic mass is 10.1. The molecule has 0 fully saturated rings. The van der Waals surface area contributed by atoms with Gasteiger partial charge in [-0.3, -0.25) is 4.98 Å². The number of nitrogens with zero attached hydrogens (tertiary/aromatic N) is 1. The zero-order valence-corrected chi connectivity index (χ0v) is 8.98. The van der Waals surface area contributed by atoms with Crippen molar-refractivity contribution < 1.29 is 9.90 Å². The number of carboxylic acid groups (broad SMARTS) is 1. The second-order valence-corrected chi connectivity index (χ2v) is 3.57. The lowest BCUT2D eigenvalue weighted by Gasteiger charge is -2.05. The van der Waals surface area contributed by atoms with Crippen LogP contribution in [0.1, 0.15) is 10.4 Å². The summed E-state index contributed by atoms with van der Waals surface area (Å²) in [5.74, 6) is -1.05. The Morgan fingerprint density at radius 1 is 1.19 bits per heavy atom. The number of benzene rings is 1. The van der Waals surface area contributed by atoms with Gasteiger partial charge in [0.2, 0.25) is 0 Å². The second-order valence-electron chi connectivity index (χ2n) is 3.19. The Kier molecular flexibility index (Phi) is 2.88. The van der Waals surface area contributed by atoms with Gasteiger partial charge in [0, 0.05) is 11.8 Å². The van der Waals surface area contributed by atoms with Gasteiger partial charge in [0.05, 0.1) is 16.3 Å². The summed E-state index contributed by atoms with van der Waals surface area (Å²) in [7, 11) is 0. The van der Waals surface area contributed by atoms with Gasteiger partial charge in [-0.15, -0.1) is 0 Å². The molecule has 80 valence electrons. The lowest BCUT2D eigenvalue weighted by Crippen LogP contribution is -1.99. The Hall–Kier alpha value is -1.87. The van der Waals surface area contributed by atoms with Crippen molar-refractivity contribution in [3.8, 4) is 11.3 Å².